The number of carbonyl (C=O) groups excluding carboxylic acids is 2. The molecule has 0 aliphatic heterocycles. The Morgan fingerprint density at radius 2 is 1.90 bits per heavy atom. The topological polar surface area (TPSA) is 114 Å². The van der Waals surface area contributed by atoms with E-state index in [1.165, 1.54) is 13.0 Å². The monoisotopic (exact) mass is 552 g/mol. The lowest BCUT2D eigenvalue weighted by atomic mass is 9.43. The highest BCUT2D eigenvalue weighted by molar-refractivity contribution is 5.93. The number of ether oxygens (including phenoxy) is 1. The molecule has 4 saturated carbocycles. The number of aliphatic hydroxyl groups excluding tert-OH is 1. The third-order valence-corrected chi connectivity index (χ3v) is 13.1. The van der Waals surface area contributed by atoms with Crippen LogP contribution in [0.4, 0.5) is 0 Å². The Morgan fingerprint density at radius 3 is 2.58 bits per heavy atom. The molecule has 1 heterocycles. The lowest BCUT2D eigenvalue weighted by Gasteiger charge is -2.60. The molecule has 4 fully saturated rings. The molecular weight excluding hydrogens is 508 g/mol. The molecule has 0 bridgehead atoms. The molecule has 6 rings (SSSR count). The van der Waals surface area contributed by atoms with Gasteiger partial charge in [-0.05, 0) is 78.1 Å². The summed E-state index contributed by atoms with van der Waals surface area (Å²) in [5.41, 5.74) is -0.290. The van der Waals surface area contributed by atoms with E-state index in [0.29, 0.717) is 17.4 Å². The number of hydrogen-bond donors (Lipinski definition) is 2. The lowest BCUT2D eigenvalue weighted by Crippen LogP contribution is -2.55. The molecule has 7 nitrogen and oxygen atoms in total. The summed E-state index contributed by atoms with van der Waals surface area (Å²) in [4.78, 5) is 37.6. The number of allylic oxidation sites excluding steroid dienone is 2. The molecule has 218 valence electrons. The maximum Gasteiger partial charge on any atom is 0.336 e. The molecule has 2 N–H and O–H groups in total. The fourth-order valence-electron chi connectivity index (χ4n) is 11.1. The molecule has 11 atom stereocenters. The summed E-state index contributed by atoms with van der Waals surface area (Å²) in [7, 11) is 0. The van der Waals surface area contributed by atoms with Gasteiger partial charge in [-0.3, -0.25) is 9.59 Å². The van der Waals surface area contributed by atoms with Crippen LogP contribution in [0, 0.1) is 45.3 Å². The van der Waals surface area contributed by atoms with E-state index in [0.717, 1.165) is 38.5 Å². The Labute approximate surface area is 236 Å². The van der Waals surface area contributed by atoms with Crippen LogP contribution in [0.1, 0.15) is 103 Å². The zero-order valence-electron chi connectivity index (χ0n) is 24.7. The second kappa shape index (κ2) is 8.80. The number of rotatable bonds is 5. The fourth-order valence-corrected chi connectivity index (χ4v) is 11.1. The average molecular weight is 553 g/mol. The predicted octanol–water partition coefficient (Wildman–Crippen LogP) is 5.48. The van der Waals surface area contributed by atoms with Crippen LogP contribution < -0.4 is 5.63 Å². The van der Waals surface area contributed by atoms with Crippen molar-refractivity contribution in [3.63, 3.8) is 0 Å². The minimum atomic E-state index is -0.557. The average Bonchev–Trinajstić information content (AvgIpc) is 3.51. The smallest absolute Gasteiger partial charge is 0.336 e. The lowest BCUT2D eigenvalue weighted by molar-refractivity contribution is -0.150. The third-order valence-electron chi connectivity index (χ3n) is 13.1. The molecular formula is C33H44O7. The first-order chi connectivity index (χ1) is 18.8. The number of fused-ring (bicyclic) bond motifs is 2. The summed E-state index contributed by atoms with van der Waals surface area (Å²) < 4.78 is 11.8. The van der Waals surface area contributed by atoms with Gasteiger partial charge in [-0.15, -0.1) is 0 Å². The highest BCUT2D eigenvalue weighted by Crippen LogP contribution is 2.87. The molecule has 11 unspecified atom stereocenters. The summed E-state index contributed by atoms with van der Waals surface area (Å²) in [6.45, 7) is 11.8. The number of hydrogen-bond acceptors (Lipinski definition) is 7. The van der Waals surface area contributed by atoms with Crippen LogP contribution in [0.25, 0.3) is 0 Å². The predicted molar refractivity (Wildman–Crippen MR) is 149 cm³/mol. The molecule has 1 aromatic rings. The van der Waals surface area contributed by atoms with Crippen molar-refractivity contribution in [2.24, 2.45) is 45.3 Å². The van der Waals surface area contributed by atoms with Crippen molar-refractivity contribution in [2.45, 2.75) is 98.0 Å². The molecule has 0 saturated heterocycles. The number of aliphatic hydroxyl groups is 1. The van der Waals surface area contributed by atoms with Gasteiger partial charge in [-0.2, -0.15) is 0 Å². The molecule has 5 aliphatic carbocycles. The van der Waals surface area contributed by atoms with Crippen LogP contribution in [-0.4, -0.2) is 34.7 Å². The highest BCUT2D eigenvalue weighted by atomic mass is 16.5. The molecule has 0 amide bonds. The zero-order chi connectivity index (χ0) is 29.0. The van der Waals surface area contributed by atoms with Gasteiger partial charge >= 0.3 is 11.6 Å². The Kier molecular flexibility index (Phi) is 6.10. The molecule has 5 aliphatic rings. The van der Waals surface area contributed by atoms with Crippen LogP contribution in [0.15, 0.2) is 27.4 Å². The summed E-state index contributed by atoms with van der Waals surface area (Å²) in [5.74, 6) is -0.0286. The van der Waals surface area contributed by atoms with Gasteiger partial charge in [-0.25, -0.2) is 4.79 Å². The van der Waals surface area contributed by atoms with E-state index in [1.54, 1.807) is 6.92 Å². The molecule has 0 aromatic carbocycles. The molecule has 1 aromatic heterocycles. The quantitative estimate of drug-likeness (QED) is 0.465. The first-order valence-corrected chi connectivity index (χ1v) is 15.1. The molecule has 0 radical (unpaired) electrons. The van der Waals surface area contributed by atoms with Gasteiger partial charge in [0, 0.05) is 48.8 Å². The minimum Gasteiger partial charge on any atom is -0.504 e. The van der Waals surface area contributed by atoms with Gasteiger partial charge in [0.2, 0.25) is 0 Å². The van der Waals surface area contributed by atoms with Crippen LogP contribution in [-0.2, 0) is 14.3 Å². The molecule has 40 heavy (non-hydrogen) atoms. The molecule has 2 spiro atoms. The first-order valence-electron chi connectivity index (χ1n) is 15.1. The van der Waals surface area contributed by atoms with Crippen LogP contribution in [0.5, 0.6) is 5.75 Å². The first kappa shape index (κ1) is 27.7. The Balaban J connectivity index is 1.43. The minimum absolute atomic E-state index is 0.0658. The van der Waals surface area contributed by atoms with Crippen molar-refractivity contribution >= 4 is 11.8 Å². The van der Waals surface area contributed by atoms with E-state index in [-0.39, 0.29) is 75.4 Å². The van der Waals surface area contributed by atoms with Crippen molar-refractivity contribution in [3.8, 4) is 5.75 Å². The third kappa shape index (κ3) is 3.36. The number of ketones is 1. The van der Waals surface area contributed by atoms with E-state index in [4.69, 9.17) is 9.15 Å². The fraction of sp³-hybridized carbons (Fsp3) is 0.727. The standard InChI is InChI=1S/C33H44O7/c1-17(15-34)21-13-26(37)40-29(28(21)38)19(3)27-24(39-20(4)35)14-31(6)25-8-7-22-18(2)23(36)9-10-32(22)16-33(25,32)12-11-30(27,31)5/h9-10,13,17-19,22,24-25,27,34,38H,7-8,11-12,14-16H2,1-6H3. The van der Waals surface area contributed by atoms with Crippen molar-refractivity contribution in [3.05, 3.63) is 40.0 Å². The Bertz CT molecular complexity index is 1340. The van der Waals surface area contributed by atoms with Gasteiger partial charge in [-0.1, -0.05) is 40.7 Å². The van der Waals surface area contributed by atoms with Crippen LogP contribution >= 0.6 is 0 Å². The normalized spacial score (nSPS) is 44.6. The Morgan fingerprint density at radius 1 is 1.18 bits per heavy atom. The van der Waals surface area contributed by atoms with Gasteiger partial charge in [0.15, 0.2) is 17.3 Å². The van der Waals surface area contributed by atoms with Gasteiger partial charge < -0.3 is 19.4 Å². The zero-order valence-corrected chi connectivity index (χ0v) is 24.7. The van der Waals surface area contributed by atoms with Crippen molar-refractivity contribution in [1.29, 1.82) is 0 Å². The summed E-state index contributed by atoms with van der Waals surface area (Å²) in [6.07, 6.45) is 9.67. The van der Waals surface area contributed by atoms with Gasteiger partial charge in [0.1, 0.15) is 6.10 Å². The van der Waals surface area contributed by atoms with Crippen molar-refractivity contribution in [2.75, 3.05) is 6.61 Å². The van der Waals surface area contributed by atoms with Gasteiger partial charge in [0.05, 0.1) is 0 Å². The maximum atomic E-state index is 12.6. The number of esters is 1. The second-order valence-electron chi connectivity index (χ2n) is 14.5. The van der Waals surface area contributed by atoms with E-state index >= 15 is 0 Å². The summed E-state index contributed by atoms with van der Waals surface area (Å²) >= 11 is 0. The van der Waals surface area contributed by atoms with Crippen molar-refractivity contribution < 1.29 is 29.0 Å². The molecule has 7 heteroatoms. The maximum absolute atomic E-state index is 12.6. The number of aromatic hydroxyl groups is 1. The van der Waals surface area contributed by atoms with Gasteiger partial charge in [0.25, 0.3) is 0 Å². The second-order valence-corrected chi connectivity index (χ2v) is 14.5. The van der Waals surface area contributed by atoms with Crippen LogP contribution in [0.2, 0.25) is 0 Å². The summed E-state index contributed by atoms with van der Waals surface area (Å²) in [6, 6.07) is 1.26. The van der Waals surface area contributed by atoms with E-state index < -0.39 is 11.5 Å². The van der Waals surface area contributed by atoms with E-state index in [9.17, 15) is 24.6 Å². The Hall–Kier alpha value is -2.41. The number of carbonyl (C=O) groups is 2. The van der Waals surface area contributed by atoms with Crippen LogP contribution in [0.3, 0.4) is 0 Å². The largest absolute Gasteiger partial charge is 0.504 e. The highest BCUT2D eigenvalue weighted by Gasteiger charge is 2.81. The van der Waals surface area contributed by atoms with E-state index in [2.05, 4.69) is 26.8 Å². The van der Waals surface area contributed by atoms with E-state index in [1.807, 2.05) is 13.0 Å². The summed E-state index contributed by atoms with van der Waals surface area (Å²) in [5, 5.41) is 21.0. The van der Waals surface area contributed by atoms with Crippen molar-refractivity contribution in [1.82, 2.24) is 0 Å². The SMILES string of the molecule is CC(=O)OC1CC2(C)C3CCC4C(C)C(=O)C=CC45CC35CCC2(C)C1C(C)c1oc(=O)cc(C(C)CO)c1O.